The molecule has 0 aromatic heterocycles. The molecule has 2 rings (SSSR count). The van der Waals surface area contributed by atoms with Crippen molar-refractivity contribution in [2.45, 2.75) is 45.8 Å². The maximum absolute atomic E-state index is 11.9. The smallest absolute Gasteiger partial charge is 0.251 e. The average Bonchev–Trinajstić information content (AvgIpc) is 3.05. The van der Waals surface area contributed by atoms with Crippen molar-refractivity contribution in [1.29, 1.82) is 0 Å². The van der Waals surface area contributed by atoms with Gasteiger partial charge in [0.1, 0.15) is 0 Å². The standard InChI is InChI=1S/C19H30N4O2.HI/c1-4-20-17(24)16-9-6-8-15(12-16)13-22-18(21-5-2)23-14-19(3)10-7-11-25-19;/h6,8-9,12H,4-5,7,10-11,13-14H2,1-3H3,(H,20,24)(H2,21,22,23);1H. The minimum Gasteiger partial charge on any atom is -0.373 e. The number of hydrogen-bond acceptors (Lipinski definition) is 3. The first kappa shape index (κ1) is 22.7. The minimum atomic E-state index is -0.117. The zero-order chi connectivity index (χ0) is 18.1. The number of amides is 1. The highest BCUT2D eigenvalue weighted by molar-refractivity contribution is 14.0. The van der Waals surface area contributed by atoms with Crippen LogP contribution in [0.3, 0.4) is 0 Å². The van der Waals surface area contributed by atoms with Crippen molar-refractivity contribution in [2.24, 2.45) is 4.99 Å². The van der Waals surface area contributed by atoms with Crippen molar-refractivity contribution in [3.8, 4) is 0 Å². The van der Waals surface area contributed by atoms with Crippen LogP contribution in [0.15, 0.2) is 29.3 Å². The van der Waals surface area contributed by atoms with Crippen LogP contribution in [0.5, 0.6) is 0 Å². The van der Waals surface area contributed by atoms with E-state index in [1.165, 1.54) is 0 Å². The Morgan fingerprint density at radius 1 is 1.23 bits per heavy atom. The Bertz CT molecular complexity index is 601. The van der Waals surface area contributed by atoms with Gasteiger partial charge in [-0.15, -0.1) is 24.0 Å². The van der Waals surface area contributed by atoms with Gasteiger partial charge in [-0.2, -0.15) is 0 Å². The Morgan fingerprint density at radius 2 is 2.00 bits per heavy atom. The molecule has 1 unspecified atom stereocenters. The summed E-state index contributed by atoms with van der Waals surface area (Å²) in [5, 5.41) is 9.44. The highest BCUT2D eigenvalue weighted by Gasteiger charge is 2.29. The predicted molar refractivity (Wildman–Crippen MR) is 116 cm³/mol. The lowest BCUT2D eigenvalue weighted by Gasteiger charge is -2.24. The van der Waals surface area contributed by atoms with E-state index in [9.17, 15) is 4.79 Å². The van der Waals surface area contributed by atoms with E-state index >= 15 is 0 Å². The molecule has 3 N–H and O–H groups in total. The molecule has 0 radical (unpaired) electrons. The second kappa shape index (κ2) is 11.4. The van der Waals surface area contributed by atoms with Gasteiger partial charge in [0.25, 0.3) is 5.91 Å². The molecule has 1 aliphatic heterocycles. The van der Waals surface area contributed by atoms with E-state index in [0.717, 1.165) is 44.1 Å². The minimum absolute atomic E-state index is 0. The van der Waals surface area contributed by atoms with Crippen LogP contribution in [0.4, 0.5) is 0 Å². The van der Waals surface area contributed by atoms with Crippen molar-refractivity contribution >= 4 is 35.8 Å². The fourth-order valence-corrected chi connectivity index (χ4v) is 2.83. The zero-order valence-electron chi connectivity index (χ0n) is 15.9. The van der Waals surface area contributed by atoms with Gasteiger partial charge < -0.3 is 20.7 Å². The van der Waals surface area contributed by atoms with E-state index < -0.39 is 0 Å². The first-order chi connectivity index (χ1) is 12.1. The van der Waals surface area contributed by atoms with E-state index in [2.05, 4.69) is 27.9 Å². The largest absolute Gasteiger partial charge is 0.373 e. The number of guanidine groups is 1. The molecule has 0 spiro atoms. The van der Waals surface area contributed by atoms with Gasteiger partial charge in [0.05, 0.1) is 12.1 Å². The molecule has 1 heterocycles. The van der Waals surface area contributed by atoms with Gasteiger partial charge in [-0.05, 0) is 51.3 Å². The monoisotopic (exact) mass is 474 g/mol. The van der Waals surface area contributed by atoms with Gasteiger partial charge in [0, 0.05) is 31.8 Å². The summed E-state index contributed by atoms with van der Waals surface area (Å²) in [5.41, 5.74) is 1.55. The van der Waals surface area contributed by atoms with Gasteiger partial charge in [-0.3, -0.25) is 4.79 Å². The van der Waals surface area contributed by atoms with Crippen LogP contribution in [0.2, 0.25) is 0 Å². The molecule has 1 saturated heterocycles. The summed E-state index contributed by atoms with van der Waals surface area (Å²) in [7, 11) is 0. The number of hydrogen-bond donors (Lipinski definition) is 3. The maximum atomic E-state index is 11.9. The van der Waals surface area contributed by atoms with Crippen molar-refractivity contribution in [2.75, 3.05) is 26.2 Å². The summed E-state index contributed by atoms with van der Waals surface area (Å²) >= 11 is 0. The van der Waals surface area contributed by atoms with Crippen molar-refractivity contribution < 1.29 is 9.53 Å². The number of benzene rings is 1. The van der Waals surface area contributed by atoms with Gasteiger partial charge in [0.15, 0.2) is 5.96 Å². The zero-order valence-corrected chi connectivity index (χ0v) is 18.3. The van der Waals surface area contributed by atoms with E-state index in [1.54, 1.807) is 0 Å². The lowest BCUT2D eigenvalue weighted by Crippen LogP contribution is -2.45. The number of nitrogens with one attached hydrogen (secondary N) is 3. The fourth-order valence-electron chi connectivity index (χ4n) is 2.83. The summed E-state index contributed by atoms with van der Waals surface area (Å²) in [6.07, 6.45) is 2.17. The average molecular weight is 474 g/mol. The fraction of sp³-hybridized carbons (Fsp3) is 0.579. The second-order valence-corrected chi connectivity index (χ2v) is 6.51. The van der Waals surface area contributed by atoms with E-state index in [-0.39, 0.29) is 35.5 Å². The molecule has 0 bridgehead atoms. The summed E-state index contributed by atoms with van der Waals surface area (Å²) in [6.45, 7) is 9.58. The molecule has 1 aromatic carbocycles. The molecule has 26 heavy (non-hydrogen) atoms. The highest BCUT2D eigenvalue weighted by Crippen LogP contribution is 2.23. The second-order valence-electron chi connectivity index (χ2n) is 6.51. The Labute approximate surface area is 173 Å². The van der Waals surface area contributed by atoms with Gasteiger partial charge in [-0.1, -0.05) is 12.1 Å². The molecule has 0 aliphatic carbocycles. The van der Waals surface area contributed by atoms with Crippen LogP contribution in [-0.2, 0) is 11.3 Å². The molecule has 1 fully saturated rings. The molecular weight excluding hydrogens is 443 g/mol. The summed E-state index contributed by atoms with van der Waals surface area (Å²) in [4.78, 5) is 16.6. The third-order valence-electron chi connectivity index (χ3n) is 4.22. The first-order valence-corrected chi connectivity index (χ1v) is 9.09. The lowest BCUT2D eigenvalue weighted by atomic mass is 10.0. The van der Waals surface area contributed by atoms with Crippen LogP contribution < -0.4 is 16.0 Å². The number of carbonyl (C=O) groups excluding carboxylic acids is 1. The SMILES string of the molecule is CCNC(=O)c1cccc(CN=C(NCC)NCC2(C)CCCO2)c1.I. The summed E-state index contributed by atoms with van der Waals surface area (Å²) in [5.74, 6) is 0.715. The Hall–Kier alpha value is -1.35. The van der Waals surface area contributed by atoms with Crippen LogP contribution in [0, 0.1) is 0 Å². The number of rotatable bonds is 7. The van der Waals surface area contributed by atoms with Crippen LogP contribution in [0.25, 0.3) is 0 Å². The molecule has 1 amide bonds. The van der Waals surface area contributed by atoms with Gasteiger partial charge in [0.2, 0.25) is 0 Å². The maximum Gasteiger partial charge on any atom is 0.251 e. The molecule has 1 aliphatic rings. The molecule has 0 saturated carbocycles. The van der Waals surface area contributed by atoms with Crippen LogP contribution >= 0.6 is 24.0 Å². The number of nitrogens with zero attached hydrogens (tertiary/aromatic N) is 1. The van der Waals surface area contributed by atoms with Gasteiger partial charge >= 0.3 is 0 Å². The van der Waals surface area contributed by atoms with Gasteiger partial charge in [-0.25, -0.2) is 4.99 Å². The normalized spacial score (nSPS) is 19.6. The predicted octanol–water partition coefficient (Wildman–Crippen LogP) is 2.68. The molecular formula is C19H31IN4O2. The molecule has 146 valence electrons. The number of ether oxygens (including phenoxy) is 1. The number of carbonyl (C=O) groups is 1. The summed E-state index contributed by atoms with van der Waals surface area (Å²) < 4.78 is 5.81. The Balaban J connectivity index is 0.00000338. The third kappa shape index (κ3) is 7.11. The molecule has 1 aromatic rings. The third-order valence-corrected chi connectivity index (χ3v) is 4.22. The lowest BCUT2D eigenvalue weighted by molar-refractivity contribution is 0.0243. The highest BCUT2D eigenvalue weighted by atomic mass is 127. The molecule has 6 nitrogen and oxygen atoms in total. The molecule has 7 heteroatoms. The van der Waals surface area contributed by atoms with E-state index in [4.69, 9.17) is 4.74 Å². The quantitative estimate of drug-likeness (QED) is 0.323. The number of halogens is 1. The topological polar surface area (TPSA) is 74.8 Å². The Morgan fingerprint density at radius 3 is 2.65 bits per heavy atom. The van der Waals surface area contributed by atoms with Crippen LogP contribution in [0.1, 0.15) is 49.5 Å². The van der Waals surface area contributed by atoms with Crippen LogP contribution in [-0.4, -0.2) is 43.7 Å². The number of aliphatic imine (C=N–C) groups is 1. The van der Waals surface area contributed by atoms with Crippen molar-refractivity contribution in [3.05, 3.63) is 35.4 Å². The summed E-state index contributed by atoms with van der Waals surface area (Å²) in [6, 6.07) is 7.58. The van der Waals surface area contributed by atoms with E-state index in [1.807, 2.05) is 38.1 Å². The molecule has 1 atom stereocenters. The van der Waals surface area contributed by atoms with E-state index in [0.29, 0.717) is 18.7 Å². The van der Waals surface area contributed by atoms with Crippen molar-refractivity contribution in [3.63, 3.8) is 0 Å². The van der Waals surface area contributed by atoms with Crippen molar-refractivity contribution in [1.82, 2.24) is 16.0 Å². The first-order valence-electron chi connectivity index (χ1n) is 9.09. The Kier molecular flexibility index (Phi) is 9.93.